The van der Waals surface area contributed by atoms with E-state index < -0.39 is 64.0 Å². The number of alkyl halides is 3. The molecule has 2 aromatic heterocycles. The van der Waals surface area contributed by atoms with Gasteiger partial charge in [-0.3, -0.25) is 0 Å². The molecule has 0 amide bonds. The fourth-order valence-electron chi connectivity index (χ4n) is 2.95. The molecule has 3 rings (SSSR count). The summed E-state index contributed by atoms with van der Waals surface area (Å²) in [4.78, 5) is 28.4. The molecule has 0 atom stereocenters. The Kier molecular flexibility index (Phi) is 7.59. The van der Waals surface area contributed by atoms with Crippen molar-refractivity contribution in [2.75, 3.05) is 12.8 Å². The largest absolute Gasteiger partial charge is 0.491 e. The Morgan fingerprint density at radius 3 is 2.27 bits per heavy atom. The molecule has 3 aromatic rings. The first-order valence-electron chi connectivity index (χ1n) is 10.0. The Bertz CT molecular complexity index is 1540. The van der Waals surface area contributed by atoms with Crippen LogP contribution in [0.15, 0.2) is 51.7 Å². The Morgan fingerprint density at radius 1 is 1.14 bits per heavy atom. The zero-order chi connectivity index (χ0) is 27.7. The van der Waals surface area contributed by atoms with Crippen LogP contribution in [0, 0.1) is 6.92 Å². The van der Waals surface area contributed by atoms with Gasteiger partial charge in [0.25, 0.3) is 6.08 Å². The number of hydrogen-bond donors (Lipinski definition) is 1. The third-order valence-electron chi connectivity index (χ3n) is 4.91. The summed E-state index contributed by atoms with van der Waals surface area (Å²) in [6.45, 7) is -0.134. The monoisotopic (exact) mass is 548 g/mol. The van der Waals surface area contributed by atoms with E-state index in [1.807, 2.05) is 0 Å². The highest BCUT2D eigenvalue weighted by Crippen LogP contribution is 2.31. The van der Waals surface area contributed by atoms with Crippen LogP contribution in [0.4, 0.5) is 22.0 Å². The molecule has 1 aromatic carbocycles. The molecule has 0 radical (unpaired) electrons. The first-order chi connectivity index (χ1) is 17.1. The molecular weight excluding hydrogens is 531 g/mol. The molecule has 0 saturated carbocycles. The van der Waals surface area contributed by atoms with Crippen LogP contribution in [-0.4, -0.2) is 58.1 Å². The number of sulfone groups is 1. The minimum atomic E-state index is -5.35. The Labute approximate surface area is 204 Å². The van der Waals surface area contributed by atoms with E-state index in [-0.39, 0.29) is 21.7 Å². The summed E-state index contributed by atoms with van der Waals surface area (Å²) in [6.07, 6.45) is -6.51. The normalized spacial score (nSPS) is 11.9. The van der Waals surface area contributed by atoms with Gasteiger partial charge in [-0.2, -0.15) is 26.6 Å². The number of rotatable bonds is 7. The van der Waals surface area contributed by atoms with Gasteiger partial charge in [-0.25, -0.2) is 23.0 Å². The number of nitrogens with two attached hydrogens (primary N) is 1. The highest BCUT2D eigenvalue weighted by molar-refractivity contribution is 7.90. The molecule has 0 aliphatic carbocycles. The average Bonchev–Trinajstić information content (AvgIpc) is 3.17. The van der Waals surface area contributed by atoms with Crippen LogP contribution in [0.3, 0.4) is 0 Å². The maximum atomic E-state index is 13.0. The Balaban J connectivity index is 2.19. The van der Waals surface area contributed by atoms with E-state index in [1.54, 1.807) is 0 Å². The smallest absolute Gasteiger partial charge is 0.419 e. The summed E-state index contributed by atoms with van der Waals surface area (Å²) in [5.41, 5.74) is 3.33. The molecule has 0 aliphatic rings. The summed E-state index contributed by atoms with van der Waals surface area (Å²) in [5, 5.41) is 7.02. The third kappa shape index (κ3) is 6.05. The van der Waals surface area contributed by atoms with Gasteiger partial charge in [0, 0.05) is 35.6 Å². The maximum absolute atomic E-state index is 13.0. The number of hydrogen-bond acceptors (Lipinski definition) is 9. The number of carbonyl (C=O) groups is 1. The van der Waals surface area contributed by atoms with E-state index in [0.29, 0.717) is 9.36 Å². The van der Waals surface area contributed by atoms with E-state index >= 15 is 0 Å². The number of nitrogens with zero attached hydrogens (tertiary/aromatic N) is 5. The number of tetrazole rings is 1. The minimum Gasteiger partial charge on any atom is -0.419 e. The van der Waals surface area contributed by atoms with Crippen LogP contribution >= 0.6 is 0 Å². The molecule has 11 nitrogen and oxygen atoms in total. The molecular formula is C20H17F5N6O5S. The fourth-order valence-corrected chi connectivity index (χ4v) is 3.58. The molecule has 0 saturated heterocycles. The standard InChI is InChI=1S/C20H17F5N6O5S/c1-10-15(36-18(32)20(23,24)25)7-14(11-3-5-13(6-4-11)37(2,34)35)27-17(10)31-19(33)30(28-29-31)9-12(8-26)16(21)22/h3-7H,8-9,26H2,1-2H3. The first-order valence-corrected chi connectivity index (χ1v) is 11.9. The third-order valence-corrected chi connectivity index (χ3v) is 6.03. The van der Waals surface area contributed by atoms with Gasteiger partial charge in [-0.1, -0.05) is 12.1 Å². The average molecular weight is 548 g/mol. The summed E-state index contributed by atoms with van der Waals surface area (Å²) >= 11 is 0. The zero-order valence-electron chi connectivity index (χ0n) is 19.0. The quantitative estimate of drug-likeness (QED) is 0.344. The van der Waals surface area contributed by atoms with E-state index in [0.717, 1.165) is 12.3 Å². The number of aromatic nitrogens is 5. The predicted octanol–water partition coefficient (Wildman–Crippen LogP) is 1.78. The summed E-state index contributed by atoms with van der Waals surface area (Å²) in [5.74, 6) is -3.63. The van der Waals surface area contributed by atoms with E-state index in [9.17, 15) is 40.0 Å². The molecule has 198 valence electrons. The second-order valence-corrected chi connectivity index (χ2v) is 9.55. The van der Waals surface area contributed by atoms with E-state index in [4.69, 9.17) is 5.73 Å². The maximum Gasteiger partial charge on any atom is 0.491 e. The van der Waals surface area contributed by atoms with Gasteiger partial charge in [0.15, 0.2) is 15.7 Å². The van der Waals surface area contributed by atoms with Crippen molar-refractivity contribution in [3.05, 3.63) is 58.0 Å². The molecule has 17 heteroatoms. The second-order valence-electron chi connectivity index (χ2n) is 7.54. The SMILES string of the molecule is Cc1c(OC(=O)C(F)(F)F)cc(-c2ccc(S(C)(=O)=O)cc2)nc1-n1nnn(CC(CN)=C(F)F)c1=O. The van der Waals surface area contributed by atoms with Crippen molar-refractivity contribution in [2.24, 2.45) is 5.73 Å². The topological polar surface area (TPSA) is 152 Å². The van der Waals surface area contributed by atoms with Crippen molar-refractivity contribution >= 4 is 15.8 Å². The van der Waals surface area contributed by atoms with Crippen molar-refractivity contribution in [3.8, 4) is 22.8 Å². The van der Waals surface area contributed by atoms with E-state index in [2.05, 4.69) is 20.1 Å². The lowest BCUT2D eigenvalue weighted by Gasteiger charge is -2.14. The van der Waals surface area contributed by atoms with Gasteiger partial charge in [0.05, 0.1) is 17.1 Å². The number of halogens is 5. The van der Waals surface area contributed by atoms with Gasteiger partial charge >= 0.3 is 17.8 Å². The highest BCUT2D eigenvalue weighted by atomic mass is 32.2. The Hall–Kier alpha value is -3.99. The van der Waals surface area contributed by atoms with Crippen LogP contribution < -0.4 is 16.2 Å². The van der Waals surface area contributed by atoms with Crippen LogP contribution in [-0.2, 0) is 21.2 Å². The van der Waals surface area contributed by atoms with Crippen molar-refractivity contribution in [1.29, 1.82) is 0 Å². The summed E-state index contributed by atoms with van der Waals surface area (Å²) in [7, 11) is -3.57. The molecule has 0 unspecified atom stereocenters. The second kappa shape index (κ2) is 10.2. The van der Waals surface area contributed by atoms with Crippen molar-refractivity contribution in [2.45, 2.75) is 24.5 Å². The Morgan fingerprint density at radius 2 is 1.76 bits per heavy atom. The van der Waals surface area contributed by atoms with Gasteiger partial charge in [0.2, 0.25) is 0 Å². The van der Waals surface area contributed by atoms with Crippen LogP contribution in [0.2, 0.25) is 0 Å². The lowest BCUT2D eigenvalue weighted by molar-refractivity contribution is -0.189. The minimum absolute atomic E-state index is 0.0599. The van der Waals surface area contributed by atoms with Gasteiger partial charge in [-0.15, -0.1) is 4.68 Å². The summed E-state index contributed by atoms with van der Waals surface area (Å²) in [6, 6.07) is 5.97. The molecule has 0 aliphatic heterocycles. The van der Waals surface area contributed by atoms with Crippen molar-refractivity contribution < 1.29 is 39.9 Å². The fraction of sp³-hybridized carbons (Fsp3) is 0.250. The van der Waals surface area contributed by atoms with Gasteiger partial charge in [0.1, 0.15) is 5.75 Å². The van der Waals surface area contributed by atoms with Crippen molar-refractivity contribution in [3.63, 3.8) is 0 Å². The lowest BCUT2D eigenvalue weighted by atomic mass is 10.1. The number of carbonyl (C=O) groups excluding carboxylic acids is 1. The predicted molar refractivity (Wildman–Crippen MR) is 117 cm³/mol. The number of pyridine rings is 1. The number of esters is 1. The lowest BCUT2D eigenvalue weighted by Crippen LogP contribution is -2.29. The molecule has 0 fully saturated rings. The number of benzene rings is 1. The zero-order valence-corrected chi connectivity index (χ0v) is 19.8. The van der Waals surface area contributed by atoms with Crippen LogP contribution in [0.25, 0.3) is 17.1 Å². The van der Waals surface area contributed by atoms with Crippen molar-refractivity contribution in [1.82, 2.24) is 24.8 Å². The molecule has 2 N–H and O–H groups in total. The molecule has 0 bridgehead atoms. The molecule has 37 heavy (non-hydrogen) atoms. The first kappa shape index (κ1) is 27.6. The van der Waals surface area contributed by atoms with Crippen LogP contribution in [0.5, 0.6) is 5.75 Å². The van der Waals surface area contributed by atoms with Gasteiger partial charge < -0.3 is 10.5 Å². The molecule has 0 spiro atoms. The van der Waals surface area contributed by atoms with E-state index in [1.165, 1.54) is 31.2 Å². The van der Waals surface area contributed by atoms with Gasteiger partial charge in [-0.05, 0) is 29.5 Å². The highest BCUT2D eigenvalue weighted by Gasteiger charge is 2.42. The summed E-state index contributed by atoms with van der Waals surface area (Å²) < 4.78 is 93.4. The number of ether oxygens (including phenoxy) is 1. The van der Waals surface area contributed by atoms with Crippen LogP contribution in [0.1, 0.15) is 5.56 Å². The molecule has 2 heterocycles.